The van der Waals surface area contributed by atoms with E-state index in [0.29, 0.717) is 0 Å². The van der Waals surface area contributed by atoms with Crippen molar-refractivity contribution in [2.75, 3.05) is 0 Å². The molecule has 0 bridgehead atoms. The molecular weight excluding hydrogens is 338 g/mol. The number of nitrogens with zero attached hydrogens (tertiary/aromatic N) is 2. The summed E-state index contributed by atoms with van der Waals surface area (Å²) in [5, 5.41) is 12.7. The largest absolute Gasteiger partial charge is 0.508 e. The van der Waals surface area contributed by atoms with Crippen LogP contribution in [-0.2, 0) is 17.6 Å². The standard InChI is InChI=1S/C22H21N3O2/c26-17-9-4-6-15(12-17)13-21(27)24-19-10-5-11-20-18(19)14-23-22(25-20)16-7-2-1-3-8-16/h1-4,6-9,12,14,19,26H,5,10-11,13H2,(H,24,27)/t19-/m0/s1. The van der Waals surface area contributed by atoms with Crippen molar-refractivity contribution in [3.63, 3.8) is 0 Å². The summed E-state index contributed by atoms with van der Waals surface area (Å²) < 4.78 is 0. The summed E-state index contributed by atoms with van der Waals surface area (Å²) in [6.07, 6.45) is 4.85. The van der Waals surface area contributed by atoms with Crippen LogP contribution in [0, 0.1) is 0 Å². The molecule has 5 nitrogen and oxygen atoms in total. The number of fused-ring (bicyclic) bond motifs is 1. The molecule has 3 aromatic rings. The highest BCUT2D eigenvalue weighted by Crippen LogP contribution is 2.29. The lowest BCUT2D eigenvalue weighted by atomic mass is 9.92. The molecule has 0 spiro atoms. The van der Waals surface area contributed by atoms with E-state index in [1.807, 2.05) is 42.6 Å². The fourth-order valence-electron chi connectivity index (χ4n) is 3.52. The summed E-state index contributed by atoms with van der Waals surface area (Å²) in [6.45, 7) is 0. The van der Waals surface area contributed by atoms with Crippen molar-refractivity contribution < 1.29 is 9.90 Å². The smallest absolute Gasteiger partial charge is 0.224 e. The van der Waals surface area contributed by atoms with Gasteiger partial charge in [-0.2, -0.15) is 0 Å². The first-order chi connectivity index (χ1) is 13.2. The molecule has 1 aromatic heterocycles. The third-order valence-corrected chi connectivity index (χ3v) is 4.82. The number of aromatic hydroxyl groups is 1. The quantitative estimate of drug-likeness (QED) is 0.746. The van der Waals surface area contributed by atoms with Gasteiger partial charge in [0.15, 0.2) is 5.82 Å². The molecule has 1 atom stereocenters. The summed E-state index contributed by atoms with van der Waals surface area (Å²) in [6, 6.07) is 16.6. The predicted octanol–water partition coefficient (Wildman–Crippen LogP) is 3.59. The van der Waals surface area contributed by atoms with Gasteiger partial charge in [-0.05, 0) is 37.0 Å². The molecule has 2 N–H and O–H groups in total. The van der Waals surface area contributed by atoms with Gasteiger partial charge in [0.25, 0.3) is 0 Å². The van der Waals surface area contributed by atoms with Crippen molar-refractivity contribution >= 4 is 5.91 Å². The van der Waals surface area contributed by atoms with Crippen molar-refractivity contribution in [3.05, 3.63) is 77.6 Å². The summed E-state index contributed by atoms with van der Waals surface area (Å²) in [5.41, 5.74) is 3.80. The number of rotatable bonds is 4. The van der Waals surface area contributed by atoms with Crippen molar-refractivity contribution in [1.82, 2.24) is 15.3 Å². The number of aromatic nitrogens is 2. The zero-order valence-electron chi connectivity index (χ0n) is 14.9. The Labute approximate surface area is 158 Å². The van der Waals surface area contributed by atoms with Crippen LogP contribution in [0.25, 0.3) is 11.4 Å². The van der Waals surface area contributed by atoms with Gasteiger partial charge in [-0.3, -0.25) is 4.79 Å². The molecule has 0 unspecified atom stereocenters. The van der Waals surface area contributed by atoms with E-state index < -0.39 is 0 Å². The summed E-state index contributed by atoms with van der Waals surface area (Å²) in [5.74, 6) is 0.830. The van der Waals surface area contributed by atoms with E-state index in [1.165, 1.54) is 0 Å². The topological polar surface area (TPSA) is 75.1 Å². The van der Waals surface area contributed by atoms with Crippen LogP contribution in [0.15, 0.2) is 60.8 Å². The lowest BCUT2D eigenvalue weighted by molar-refractivity contribution is -0.121. The number of amides is 1. The molecule has 1 amide bonds. The number of phenols is 1. The number of benzene rings is 2. The number of hydrogen-bond acceptors (Lipinski definition) is 4. The van der Waals surface area contributed by atoms with Crippen molar-refractivity contribution in [1.29, 1.82) is 0 Å². The molecule has 0 saturated heterocycles. The first-order valence-electron chi connectivity index (χ1n) is 9.17. The molecule has 0 saturated carbocycles. The fourth-order valence-corrected chi connectivity index (χ4v) is 3.52. The van der Waals surface area contributed by atoms with Gasteiger partial charge in [0.2, 0.25) is 5.91 Å². The van der Waals surface area contributed by atoms with Gasteiger partial charge in [0.1, 0.15) is 5.75 Å². The maximum Gasteiger partial charge on any atom is 0.224 e. The maximum absolute atomic E-state index is 12.5. The minimum absolute atomic E-state index is 0.0643. The lowest BCUT2D eigenvalue weighted by Crippen LogP contribution is -2.32. The minimum atomic E-state index is -0.0663. The van der Waals surface area contributed by atoms with E-state index >= 15 is 0 Å². The van der Waals surface area contributed by atoms with Crippen LogP contribution in [0.5, 0.6) is 5.75 Å². The highest BCUT2D eigenvalue weighted by atomic mass is 16.3. The zero-order chi connectivity index (χ0) is 18.6. The Morgan fingerprint density at radius 1 is 1.15 bits per heavy atom. The normalized spacial score (nSPS) is 15.8. The van der Waals surface area contributed by atoms with Crippen LogP contribution in [-0.4, -0.2) is 21.0 Å². The molecule has 1 aliphatic rings. The second kappa shape index (κ2) is 7.58. The van der Waals surface area contributed by atoms with E-state index in [-0.39, 0.29) is 24.1 Å². The molecule has 27 heavy (non-hydrogen) atoms. The van der Waals surface area contributed by atoms with E-state index in [1.54, 1.807) is 18.2 Å². The van der Waals surface area contributed by atoms with Gasteiger partial charge in [-0.1, -0.05) is 42.5 Å². The summed E-state index contributed by atoms with van der Waals surface area (Å²) in [4.78, 5) is 21.7. The SMILES string of the molecule is O=C(Cc1cccc(O)c1)N[C@H]1CCCc2nc(-c3ccccc3)ncc21. The van der Waals surface area contributed by atoms with Crippen molar-refractivity contribution in [3.8, 4) is 17.1 Å². The van der Waals surface area contributed by atoms with Gasteiger partial charge in [0.05, 0.1) is 12.5 Å². The average Bonchev–Trinajstić information content (AvgIpc) is 2.68. The molecule has 136 valence electrons. The lowest BCUT2D eigenvalue weighted by Gasteiger charge is -2.25. The van der Waals surface area contributed by atoms with Crippen molar-refractivity contribution in [2.45, 2.75) is 31.7 Å². The monoisotopic (exact) mass is 359 g/mol. The van der Waals surface area contributed by atoms with Gasteiger partial charge in [-0.25, -0.2) is 9.97 Å². The Morgan fingerprint density at radius 2 is 2.00 bits per heavy atom. The van der Waals surface area contributed by atoms with Gasteiger partial charge in [0, 0.05) is 23.0 Å². The van der Waals surface area contributed by atoms with Crippen LogP contribution in [0.4, 0.5) is 0 Å². The summed E-state index contributed by atoms with van der Waals surface area (Å²) in [7, 11) is 0. The van der Waals surface area contributed by atoms with Gasteiger partial charge in [-0.15, -0.1) is 0 Å². The highest BCUT2D eigenvalue weighted by molar-refractivity contribution is 5.79. The number of aryl methyl sites for hydroxylation is 1. The van der Waals surface area contributed by atoms with Crippen LogP contribution in [0.1, 0.15) is 35.7 Å². The highest BCUT2D eigenvalue weighted by Gasteiger charge is 2.24. The van der Waals surface area contributed by atoms with Gasteiger partial charge >= 0.3 is 0 Å². The van der Waals surface area contributed by atoms with Crippen LogP contribution < -0.4 is 5.32 Å². The van der Waals surface area contributed by atoms with E-state index in [4.69, 9.17) is 4.98 Å². The second-order valence-electron chi connectivity index (χ2n) is 6.82. The molecule has 0 fully saturated rings. The average molecular weight is 359 g/mol. The van der Waals surface area contributed by atoms with E-state index in [2.05, 4.69) is 10.3 Å². The van der Waals surface area contributed by atoms with Crippen LogP contribution in [0.2, 0.25) is 0 Å². The van der Waals surface area contributed by atoms with E-state index in [9.17, 15) is 9.90 Å². The van der Waals surface area contributed by atoms with Crippen LogP contribution in [0.3, 0.4) is 0 Å². The Morgan fingerprint density at radius 3 is 2.81 bits per heavy atom. The Bertz CT molecular complexity index is 957. The number of carbonyl (C=O) groups excluding carboxylic acids is 1. The number of phenolic OH excluding ortho intramolecular Hbond substituents is 1. The second-order valence-corrected chi connectivity index (χ2v) is 6.82. The molecule has 5 heteroatoms. The number of hydrogen-bond donors (Lipinski definition) is 2. The van der Waals surface area contributed by atoms with Gasteiger partial charge < -0.3 is 10.4 Å². The molecule has 4 rings (SSSR count). The molecule has 0 aliphatic heterocycles. The third kappa shape index (κ3) is 3.97. The Balaban J connectivity index is 1.50. The number of nitrogens with one attached hydrogen (secondary N) is 1. The zero-order valence-corrected chi connectivity index (χ0v) is 14.9. The first-order valence-corrected chi connectivity index (χ1v) is 9.17. The maximum atomic E-state index is 12.5. The first kappa shape index (κ1) is 17.2. The minimum Gasteiger partial charge on any atom is -0.508 e. The predicted molar refractivity (Wildman–Crippen MR) is 103 cm³/mol. The fraction of sp³-hybridized carbons (Fsp3) is 0.227. The Hall–Kier alpha value is -3.21. The molecule has 0 radical (unpaired) electrons. The number of carbonyl (C=O) groups is 1. The van der Waals surface area contributed by atoms with Crippen molar-refractivity contribution in [2.24, 2.45) is 0 Å². The molecular formula is C22H21N3O2. The molecule has 1 aliphatic carbocycles. The van der Waals surface area contributed by atoms with Crippen LogP contribution >= 0.6 is 0 Å². The molecule has 1 heterocycles. The summed E-state index contributed by atoms with van der Waals surface area (Å²) >= 11 is 0. The Kier molecular flexibility index (Phi) is 4.83. The third-order valence-electron chi connectivity index (χ3n) is 4.82. The molecule has 2 aromatic carbocycles. The van der Waals surface area contributed by atoms with E-state index in [0.717, 1.165) is 47.5 Å².